The Hall–Kier alpha value is -1.86. The van der Waals surface area contributed by atoms with Gasteiger partial charge in [0.2, 0.25) is 0 Å². The van der Waals surface area contributed by atoms with Crippen LogP contribution in [0.2, 0.25) is 0 Å². The van der Waals surface area contributed by atoms with E-state index in [9.17, 15) is 0 Å². The van der Waals surface area contributed by atoms with Crippen molar-refractivity contribution in [2.24, 2.45) is 0 Å². The first-order valence-electron chi connectivity index (χ1n) is 9.15. The number of aromatic nitrogens is 3. The molecule has 4 heterocycles. The van der Waals surface area contributed by atoms with Crippen LogP contribution in [0, 0.1) is 0 Å². The van der Waals surface area contributed by atoms with Crippen molar-refractivity contribution >= 4 is 23.4 Å². The number of pyridine rings is 1. The van der Waals surface area contributed by atoms with Crippen molar-refractivity contribution in [2.45, 2.75) is 37.5 Å². The summed E-state index contributed by atoms with van der Waals surface area (Å²) in [5, 5.41) is 0. The second-order valence-electron chi connectivity index (χ2n) is 7.20. The van der Waals surface area contributed by atoms with E-state index in [4.69, 9.17) is 20.4 Å². The monoisotopic (exact) mass is 371 g/mol. The molecule has 0 saturated carbocycles. The predicted molar refractivity (Wildman–Crippen MR) is 106 cm³/mol. The van der Waals surface area contributed by atoms with E-state index in [0.29, 0.717) is 11.9 Å². The Labute approximate surface area is 158 Å². The Balaban J connectivity index is 1.81. The van der Waals surface area contributed by atoms with Crippen LogP contribution in [-0.4, -0.2) is 46.5 Å². The molecule has 2 aromatic heterocycles. The Morgan fingerprint density at radius 2 is 2.23 bits per heavy atom. The van der Waals surface area contributed by atoms with Crippen molar-refractivity contribution in [3.63, 3.8) is 0 Å². The van der Waals surface area contributed by atoms with Gasteiger partial charge in [0.1, 0.15) is 11.6 Å². The van der Waals surface area contributed by atoms with Crippen LogP contribution < -0.4 is 10.6 Å². The maximum absolute atomic E-state index is 5.89. The fourth-order valence-electron chi connectivity index (χ4n) is 3.62. The van der Waals surface area contributed by atoms with Crippen molar-refractivity contribution in [1.82, 2.24) is 15.0 Å². The van der Waals surface area contributed by atoms with E-state index in [-0.39, 0.29) is 4.75 Å². The van der Waals surface area contributed by atoms with Gasteiger partial charge in [0.25, 0.3) is 0 Å². The summed E-state index contributed by atoms with van der Waals surface area (Å²) in [5.41, 5.74) is 7.90. The first-order valence-corrected chi connectivity index (χ1v) is 10.1. The van der Waals surface area contributed by atoms with Gasteiger partial charge < -0.3 is 15.4 Å². The molecule has 2 N–H and O–H groups in total. The highest BCUT2D eigenvalue weighted by molar-refractivity contribution is 8.00. The highest BCUT2D eigenvalue weighted by atomic mass is 32.2. The Kier molecular flexibility index (Phi) is 4.75. The lowest BCUT2D eigenvalue weighted by molar-refractivity contribution is 0.0985. The molecule has 2 unspecified atom stereocenters. The van der Waals surface area contributed by atoms with E-state index in [1.165, 1.54) is 12.2 Å². The van der Waals surface area contributed by atoms with Crippen LogP contribution in [0.3, 0.4) is 0 Å². The van der Waals surface area contributed by atoms with Crippen molar-refractivity contribution in [3.8, 4) is 11.4 Å². The number of thioether (sulfide) groups is 1. The largest absolute Gasteiger partial charge is 0.384 e. The van der Waals surface area contributed by atoms with Crippen LogP contribution in [0.15, 0.2) is 24.4 Å². The smallest absolute Gasteiger partial charge is 0.162 e. The number of anilines is 2. The first-order chi connectivity index (χ1) is 12.5. The standard InChI is InChI=1S/C19H25N5OS/c1-13-12-25-8-7-24(13)17-11-15(19(2)5-3-9-26-19)22-18(23-17)14-4-6-21-16(20)10-14/h4,6,10-11,13H,3,5,7-9,12H2,1-2H3,(H2,20,21). The number of nitrogens with two attached hydrogens (primary N) is 1. The molecule has 0 bridgehead atoms. The summed E-state index contributed by atoms with van der Waals surface area (Å²) in [4.78, 5) is 16.3. The van der Waals surface area contributed by atoms with Gasteiger partial charge in [-0.3, -0.25) is 0 Å². The zero-order valence-corrected chi connectivity index (χ0v) is 16.1. The second-order valence-corrected chi connectivity index (χ2v) is 8.80. The number of nitrogens with zero attached hydrogens (tertiary/aromatic N) is 4. The van der Waals surface area contributed by atoms with Crippen LogP contribution in [0.5, 0.6) is 0 Å². The second kappa shape index (κ2) is 7.04. The van der Waals surface area contributed by atoms with Gasteiger partial charge in [0.15, 0.2) is 5.82 Å². The van der Waals surface area contributed by atoms with E-state index in [1.54, 1.807) is 6.20 Å². The SMILES string of the molecule is CC1COCCN1c1cc(C2(C)CCCS2)nc(-c2ccnc(N)c2)n1. The maximum atomic E-state index is 5.89. The number of morpholine rings is 1. The number of ether oxygens (including phenoxy) is 1. The van der Waals surface area contributed by atoms with Gasteiger partial charge in [-0.25, -0.2) is 15.0 Å². The average molecular weight is 372 g/mol. The molecule has 0 amide bonds. The molecule has 2 saturated heterocycles. The molecule has 6 nitrogen and oxygen atoms in total. The highest BCUT2D eigenvalue weighted by Crippen LogP contribution is 2.46. The van der Waals surface area contributed by atoms with Gasteiger partial charge in [-0.05, 0) is 44.6 Å². The zero-order chi connectivity index (χ0) is 18.1. The molecule has 4 rings (SSSR count). The fraction of sp³-hybridized carbons (Fsp3) is 0.526. The molecule has 0 spiro atoms. The predicted octanol–water partition coefficient (Wildman–Crippen LogP) is 3.09. The number of hydrogen-bond acceptors (Lipinski definition) is 7. The molecule has 7 heteroatoms. The lowest BCUT2D eigenvalue weighted by atomic mass is 10.0. The molecule has 138 valence electrons. The average Bonchev–Trinajstić information content (AvgIpc) is 3.10. The van der Waals surface area contributed by atoms with Gasteiger partial charge in [-0.1, -0.05) is 0 Å². The quantitative estimate of drug-likeness (QED) is 0.888. The number of nitrogen functional groups attached to an aromatic ring is 1. The van der Waals surface area contributed by atoms with E-state index >= 15 is 0 Å². The highest BCUT2D eigenvalue weighted by Gasteiger charge is 2.34. The maximum Gasteiger partial charge on any atom is 0.162 e. The van der Waals surface area contributed by atoms with Crippen LogP contribution in [0.25, 0.3) is 11.4 Å². The summed E-state index contributed by atoms with van der Waals surface area (Å²) in [7, 11) is 0. The summed E-state index contributed by atoms with van der Waals surface area (Å²) >= 11 is 1.99. The van der Waals surface area contributed by atoms with E-state index in [2.05, 4.69) is 29.8 Å². The minimum atomic E-state index is 0.0422. The van der Waals surface area contributed by atoms with Gasteiger partial charge in [0.05, 0.1) is 29.7 Å². The van der Waals surface area contributed by atoms with Gasteiger partial charge in [-0.2, -0.15) is 0 Å². The molecule has 2 aliphatic rings. The molecule has 2 fully saturated rings. The van der Waals surface area contributed by atoms with Crippen molar-refractivity contribution in [1.29, 1.82) is 0 Å². The molecule has 2 atom stereocenters. The van der Waals surface area contributed by atoms with E-state index in [0.717, 1.165) is 49.1 Å². The third-order valence-corrected chi connectivity index (χ3v) is 6.72. The molecule has 2 aromatic rings. The van der Waals surface area contributed by atoms with E-state index < -0.39 is 0 Å². The number of rotatable bonds is 3. The van der Waals surface area contributed by atoms with Gasteiger partial charge >= 0.3 is 0 Å². The molecule has 0 aromatic carbocycles. The third-order valence-electron chi connectivity index (χ3n) is 5.17. The summed E-state index contributed by atoms with van der Waals surface area (Å²) in [6.45, 7) is 6.77. The minimum absolute atomic E-state index is 0.0422. The molecular weight excluding hydrogens is 346 g/mol. The first kappa shape index (κ1) is 17.5. The summed E-state index contributed by atoms with van der Waals surface area (Å²) < 4.78 is 5.64. The normalized spacial score (nSPS) is 26.2. The summed E-state index contributed by atoms with van der Waals surface area (Å²) in [6.07, 6.45) is 4.08. The molecule has 0 aliphatic carbocycles. The Bertz CT molecular complexity index is 793. The third kappa shape index (κ3) is 3.38. The minimum Gasteiger partial charge on any atom is -0.384 e. The Morgan fingerprint density at radius 1 is 1.35 bits per heavy atom. The summed E-state index contributed by atoms with van der Waals surface area (Å²) in [6, 6.07) is 6.24. The molecule has 26 heavy (non-hydrogen) atoms. The van der Waals surface area contributed by atoms with Crippen LogP contribution >= 0.6 is 11.8 Å². The van der Waals surface area contributed by atoms with Crippen LogP contribution in [0.1, 0.15) is 32.4 Å². The van der Waals surface area contributed by atoms with Crippen molar-refractivity contribution in [2.75, 3.05) is 36.1 Å². The van der Waals surface area contributed by atoms with Gasteiger partial charge in [0, 0.05) is 24.4 Å². The summed E-state index contributed by atoms with van der Waals surface area (Å²) in [5.74, 6) is 3.37. The lowest BCUT2D eigenvalue weighted by Gasteiger charge is -2.35. The van der Waals surface area contributed by atoms with Crippen molar-refractivity contribution in [3.05, 3.63) is 30.1 Å². The van der Waals surface area contributed by atoms with Crippen molar-refractivity contribution < 1.29 is 4.74 Å². The molecular formula is C19H25N5OS. The van der Waals surface area contributed by atoms with E-state index in [1.807, 2.05) is 23.9 Å². The zero-order valence-electron chi connectivity index (χ0n) is 15.3. The molecule has 2 aliphatic heterocycles. The van der Waals surface area contributed by atoms with Crippen LogP contribution in [-0.2, 0) is 9.48 Å². The lowest BCUT2D eigenvalue weighted by Crippen LogP contribution is -2.44. The number of hydrogen-bond donors (Lipinski definition) is 1. The van der Waals surface area contributed by atoms with Crippen LogP contribution in [0.4, 0.5) is 11.6 Å². The molecule has 0 radical (unpaired) electrons. The Morgan fingerprint density at radius 3 is 2.96 bits per heavy atom. The van der Waals surface area contributed by atoms with Gasteiger partial charge in [-0.15, -0.1) is 11.8 Å². The fourth-order valence-corrected chi connectivity index (χ4v) is 4.90. The topological polar surface area (TPSA) is 77.2 Å².